The van der Waals surface area contributed by atoms with Gasteiger partial charge in [0, 0.05) is 26.3 Å². The minimum atomic E-state index is -0.00681. The van der Waals surface area contributed by atoms with E-state index in [0.29, 0.717) is 5.92 Å². The van der Waals surface area contributed by atoms with Crippen LogP contribution in [0.3, 0.4) is 0 Å². The molecule has 1 fully saturated rings. The van der Waals surface area contributed by atoms with Crippen LogP contribution in [0.5, 0.6) is 0 Å². The molecule has 2 rings (SSSR count). The van der Waals surface area contributed by atoms with Gasteiger partial charge < -0.3 is 10.2 Å². The predicted octanol–water partition coefficient (Wildman–Crippen LogP) is 1.99. The average Bonchev–Trinajstić information content (AvgIpc) is 2.57. The normalized spacial score (nSPS) is 20.4. The molecule has 1 aromatic rings. The number of hydrogen-bond donors (Lipinski definition) is 1. The van der Waals surface area contributed by atoms with Crippen molar-refractivity contribution in [1.29, 1.82) is 0 Å². The topological polar surface area (TPSA) is 50.2 Å². The van der Waals surface area contributed by atoms with Crippen molar-refractivity contribution in [2.45, 2.75) is 26.7 Å². The van der Waals surface area contributed by atoms with Gasteiger partial charge in [-0.1, -0.05) is 6.92 Å². The summed E-state index contributed by atoms with van der Waals surface area (Å²) in [5.41, 5.74) is 1.65. The fourth-order valence-electron chi connectivity index (χ4n) is 2.29. The van der Waals surface area contributed by atoms with Crippen LogP contribution in [0.1, 0.15) is 25.5 Å². The van der Waals surface area contributed by atoms with Crippen molar-refractivity contribution >= 4 is 11.7 Å². The Labute approximate surface area is 102 Å². The Morgan fingerprint density at radius 2 is 2.35 bits per heavy atom. The summed E-state index contributed by atoms with van der Waals surface area (Å²) in [4.78, 5) is 13.9. The van der Waals surface area contributed by atoms with Crippen LogP contribution in [0.2, 0.25) is 0 Å². The third-order valence-electron chi connectivity index (χ3n) is 3.20. The summed E-state index contributed by atoms with van der Waals surface area (Å²) < 4.78 is 1.71. The number of aryl methyl sites for hydroxylation is 2. The molecule has 1 aliphatic heterocycles. The molecule has 2 amide bonds. The summed E-state index contributed by atoms with van der Waals surface area (Å²) in [5.74, 6) is 0.601. The summed E-state index contributed by atoms with van der Waals surface area (Å²) in [6, 6.07) is -0.00681. The Balaban J connectivity index is 1.99. The standard InChI is InChI=1S/C12H20N4O/c1-9-5-4-6-16(7-9)12(17)13-11-8-15(3)14-10(11)2/h8-9H,4-7H2,1-3H3,(H,13,17). The van der Waals surface area contributed by atoms with Crippen LogP contribution in [0.15, 0.2) is 6.20 Å². The van der Waals surface area contributed by atoms with E-state index in [2.05, 4.69) is 17.3 Å². The molecule has 5 heteroatoms. The third-order valence-corrected chi connectivity index (χ3v) is 3.20. The summed E-state index contributed by atoms with van der Waals surface area (Å²) >= 11 is 0. The number of carbonyl (C=O) groups excluding carboxylic acids is 1. The smallest absolute Gasteiger partial charge is 0.321 e. The van der Waals surface area contributed by atoms with Crippen molar-refractivity contribution in [3.8, 4) is 0 Å². The first-order valence-electron chi connectivity index (χ1n) is 6.12. The van der Waals surface area contributed by atoms with Crippen LogP contribution >= 0.6 is 0 Å². The van der Waals surface area contributed by atoms with Crippen molar-refractivity contribution in [3.05, 3.63) is 11.9 Å². The Morgan fingerprint density at radius 1 is 1.59 bits per heavy atom. The van der Waals surface area contributed by atoms with E-state index in [1.807, 2.05) is 25.1 Å². The van der Waals surface area contributed by atoms with Crippen LogP contribution in [-0.4, -0.2) is 33.8 Å². The maximum absolute atomic E-state index is 12.1. The Bertz CT molecular complexity index is 413. The molecule has 1 N–H and O–H groups in total. The number of hydrogen-bond acceptors (Lipinski definition) is 2. The highest BCUT2D eigenvalue weighted by atomic mass is 16.2. The molecule has 0 radical (unpaired) electrons. The van der Waals surface area contributed by atoms with Crippen molar-refractivity contribution in [1.82, 2.24) is 14.7 Å². The third kappa shape index (κ3) is 2.78. The maximum atomic E-state index is 12.1. The number of rotatable bonds is 1. The van der Waals surface area contributed by atoms with Gasteiger partial charge in [-0.15, -0.1) is 0 Å². The molecule has 94 valence electrons. The Hall–Kier alpha value is -1.52. The lowest BCUT2D eigenvalue weighted by Gasteiger charge is -2.30. The zero-order valence-corrected chi connectivity index (χ0v) is 10.7. The Morgan fingerprint density at radius 3 is 2.94 bits per heavy atom. The lowest BCUT2D eigenvalue weighted by molar-refractivity contribution is 0.182. The average molecular weight is 236 g/mol. The zero-order valence-electron chi connectivity index (χ0n) is 10.7. The highest BCUT2D eigenvalue weighted by Gasteiger charge is 2.21. The first kappa shape index (κ1) is 12.0. The number of likely N-dealkylation sites (tertiary alicyclic amines) is 1. The van der Waals surface area contributed by atoms with E-state index >= 15 is 0 Å². The van der Waals surface area contributed by atoms with Crippen molar-refractivity contribution < 1.29 is 4.79 Å². The number of piperidine rings is 1. The first-order valence-corrected chi connectivity index (χ1v) is 6.12. The second kappa shape index (κ2) is 4.77. The van der Waals surface area contributed by atoms with Crippen molar-refractivity contribution in [3.63, 3.8) is 0 Å². The molecule has 0 bridgehead atoms. The van der Waals surface area contributed by atoms with Gasteiger partial charge in [-0.2, -0.15) is 5.10 Å². The molecular weight excluding hydrogens is 216 g/mol. The van der Waals surface area contributed by atoms with E-state index in [0.717, 1.165) is 30.9 Å². The monoisotopic (exact) mass is 236 g/mol. The lowest BCUT2D eigenvalue weighted by atomic mass is 10.0. The lowest BCUT2D eigenvalue weighted by Crippen LogP contribution is -2.41. The number of nitrogens with one attached hydrogen (secondary N) is 1. The van der Waals surface area contributed by atoms with Gasteiger partial charge >= 0.3 is 6.03 Å². The van der Waals surface area contributed by atoms with Gasteiger partial charge in [0.25, 0.3) is 0 Å². The molecule has 1 unspecified atom stereocenters. The number of urea groups is 1. The maximum Gasteiger partial charge on any atom is 0.321 e. The molecule has 1 saturated heterocycles. The molecule has 0 aliphatic carbocycles. The number of anilines is 1. The van der Waals surface area contributed by atoms with Gasteiger partial charge in [-0.25, -0.2) is 4.79 Å². The molecule has 0 aromatic carbocycles. The number of aromatic nitrogens is 2. The van der Waals surface area contributed by atoms with Crippen LogP contribution in [0.4, 0.5) is 10.5 Å². The van der Waals surface area contributed by atoms with Crippen LogP contribution in [-0.2, 0) is 7.05 Å². The number of amides is 2. The van der Waals surface area contributed by atoms with Gasteiger partial charge in [-0.3, -0.25) is 4.68 Å². The molecular formula is C12H20N4O. The largest absolute Gasteiger partial charge is 0.324 e. The highest BCUT2D eigenvalue weighted by molar-refractivity contribution is 5.89. The van der Waals surface area contributed by atoms with E-state index in [9.17, 15) is 4.79 Å². The van der Waals surface area contributed by atoms with E-state index in [4.69, 9.17) is 0 Å². The molecule has 5 nitrogen and oxygen atoms in total. The van der Waals surface area contributed by atoms with E-state index in [-0.39, 0.29) is 6.03 Å². The molecule has 0 saturated carbocycles. The van der Waals surface area contributed by atoms with Gasteiger partial charge in [-0.05, 0) is 25.7 Å². The zero-order chi connectivity index (χ0) is 12.4. The number of carbonyl (C=O) groups is 1. The van der Waals surface area contributed by atoms with Crippen LogP contribution < -0.4 is 5.32 Å². The Kier molecular flexibility index (Phi) is 3.36. The molecule has 0 spiro atoms. The molecule has 2 heterocycles. The van der Waals surface area contributed by atoms with E-state index in [1.165, 1.54) is 6.42 Å². The summed E-state index contributed by atoms with van der Waals surface area (Å²) in [7, 11) is 1.85. The van der Waals surface area contributed by atoms with Gasteiger partial charge in [0.05, 0.1) is 11.4 Å². The van der Waals surface area contributed by atoms with Gasteiger partial charge in [0.1, 0.15) is 0 Å². The predicted molar refractivity (Wildman–Crippen MR) is 66.9 cm³/mol. The van der Waals surface area contributed by atoms with E-state index < -0.39 is 0 Å². The van der Waals surface area contributed by atoms with Crippen molar-refractivity contribution in [2.24, 2.45) is 13.0 Å². The molecule has 1 aliphatic rings. The second-order valence-electron chi connectivity index (χ2n) is 4.93. The molecule has 1 atom stereocenters. The highest BCUT2D eigenvalue weighted by Crippen LogP contribution is 2.18. The van der Waals surface area contributed by atoms with Gasteiger partial charge in [0.2, 0.25) is 0 Å². The van der Waals surface area contributed by atoms with Crippen LogP contribution in [0.25, 0.3) is 0 Å². The van der Waals surface area contributed by atoms with E-state index in [1.54, 1.807) is 4.68 Å². The summed E-state index contributed by atoms with van der Waals surface area (Å²) in [6.45, 7) is 5.80. The SMILES string of the molecule is Cc1nn(C)cc1NC(=O)N1CCCC(C)C1. The number of nitrogens with zero attached hydrogens (tertiary/aromatic N) is 3. The first-order chi connectivity index (χ1) is 8.06. The summed E-state index contributed by atoms with van der Waals surface area (Å²) in [5, 5.41) is 7.13. The second-order valence-corrected chi connectivity index (χ2v) is 4.93. The molecule has 1 aromatic heterocycles. The molecule has 17 heavy (non-hydrogen) atoms. The minimum absolute atomic E-state index is 0.00681. The van der Waals surface area contributed by atoms with Gasteiger partial charge in [0.15, 0.2) is 0 Å². The quantitative estimate of drug-likeness (QED) is 0.810. The van der Waals surface area contributed by atoms with Crippen molar-refractivity contribution in [2.75, 3.05) is 18.4 Å². The minimum Gasteiger partial charge on any atom is -0.324 e. The van der Waals surface area contributed by atoms with Crippen LogP contribution in [0, 0.1) is 12.8 Å². The summed E-state index contributed by atoms with van der Waals surface area (Å²) in [6.07, 6.45) is 4.15. The fraction of sp³-hybridized carbons (Fsp3) is 0.667. The fourth-order valence-corrected chi connectivity index (χ4v) is 2.29.